The molecule has 0 unspecified atom stereocenters. The van der Waals surface area contributed by atoms with E-state index in [-0.39, 0.29) is 18.3 Å². The van der Waals surface area contributed by atoms with E-state index in [1.165, 1.54) is 35.6 Å². The molecule has 164 valence electrons. The van der Waals surface area contributed by atoms with Gasteiger partial charge in [-0.3, -0.25) is 9.69 Å². The molecule has 4 aromatic rings. The fraction of sp³-hybridized carbons (Fsp3) is 0.167. The second-order valence-corrected chi connectivity index (χ2v) is 7.83. The maximum atomic E-state index is 13.2. The zero-order valence-electron chi connectivity index (χ0n) is 17.6. The highest BCUT2D eigenvalue weighted by Gasteiger charge is 2.23. The SMILES string of the molecule is COc1ccc(OC)c2sc(N(Cc3ccccc3)C(=O)COc3ccc(F)cc3)nc12. The number of fused-ring (bicyclic) bond motifs is 1. The van der Waals surface area contributed by atoms with Gasteiger partial charge in [0.2, 0.25) is 0 Å². The first-order chi connectivity index (χ1) is 15.6. The molecule has 0 aliphatic heterocycles. The number of nitrogens with zero attached hydrogens (tertiary/aromatic N) is 2. The number of carbonyl (C=O) groups excluding carboxylic acids is 1. The fourth-order valence-corrected chi connectivity index (χ4v) is 4.26. The van der Waals surface area contributed by atoms with E-state index in [0.717, 1.165) is 10.3 Å². The van der Waals surface area contributed by atoms with Crippen LogP contribution in [0.1, 0.15) is 5.56 Å². The number of methoxy groups -OCH3 is 2. The van der Waals surface area contributed by atoms with Crippen LogP contribution < -0.4 is 19.1 Å². The van der Waals surface area contributed by atoms with E-state index in [1.54, 1.807) is 25.2 Å². The number of halogens is 1. The summed E-state index contributed by atoms with van der Waals surface area (Å²) in [5.74, 6) is 1.01. The molecular formula is C24H21FN2O4S. The number of amides is 1. The van der Waals surface area contributed by atoms with Crippen molar-refractivity contribution in [2.45, 2.75) is 6.54 Å². The maximum Gasteiger partial charge on any atom is 0.267 e. The van der Waals surface area contributed by atoms with Crippen LogP contribution in [0, 0.1) is 5.82 Å². The average molecular weight is 453 g/mol. The minimum atomic E-state index is -0.369. The first-order valence-electron chi connectivity index (χ1n) is 9.83. The van der Waals surface area contributed by atoms with Crippen LogP contribution in [-0.4, -0.2) is 31.7 Å². The predicted molar refractivity (Wildman–Crippen MR) is 122 cm³/mol. The van der Waals surface area contributed by atoms with Crippen molar-refractivity contribution in [2.24, 2.45) is 0 Å². The predicted octanol–water partition coefficient (Wildman–Crippen LogP) is 5.06. The summed E-state index contributed by atoms with van der Waals surface area (Å²) in [6.45, 7) is 0.0968. The maximum absolute atomic E-state index is 13.2. The summed E-state index contributed by atoms with van der Waals surface area (Å²) in [7, 11) is 3.16. The number of anilines is 1. The van der Waals surface area contributed by atoms with E-state index < -0.39 is 0 Å². The molecule has 3 aromatic carbocycles. The normalized spacial score (nSPS) is 10.7. The summed E-state index contributed by atoms with van der Waals surface area (Å²) in [6.07, 6.45) is 0. The van der Waals surface area contributed by atoms with Crippen LogP contribution in [0.25, 0.3) is 10.2 Å². The molecule has 8 heteroatoms. The lowest BCUT2D eigenvalue weighted by Crippen LogP contribution is -2.34. The van der Waals surface area contributed by atoms with Gasteiger partial charge < -0.3 is 14.2 Å². The molecule has 4 rings (SSSR count). The van der Waals surface area contributed by atoms with Gasteiger partial charge in [-0.25, -0.2) is 9.37 Å². The Morgan fingerprint density at radius 3 is 2.34 bits per heavy atom. The first-order valence-corrected chi connectivity index (χ1v) is 10.6. The Hall–Kier alpha value is -3.65. The third kappa shape index (κ3) is 4.65. The van der Waals surface area contributed by atoms with Gasteiger partial charge >= 0.3 is 0 Å². The summed E-state index contributed by atoms with van der Waals surface area (Å²) < 4.78 is 30.4. The van der Waals surface area contributed by atoms with Gasteiger partial charge in [0.25, 0.3) is 5.91 Å². The molecule has 0 aliphatic carbocycles. The monoisotopic (exact) mass is 452 g/mol. The number of hydrogen-bond donors (Lipinski definition) is 0. The number of carbonyl (C=O) groups is 1. The smallest absolute Gasteiger partial charge is 0.267 e. The molecule has 0 atom stereocenters. The van der Waals surface area contributed by atoms with Crippen molar-refractivity contribution in [3.05, 3.63) is 78.1 Å². The van der Waals surface area contributed by atoms with Crippen LogP contribution in [-0.2, 0) is 11.3 Å². The second-order valence-electron chi connectivity index (χ2n) is 6.85. The standard InChI is InChI=1S/C24H21FN2O4S/c1-29-19-12-13-20(30-2)23-22(19)26-24(32-23)27(14-16-6-4-3-5-7-16)21(28)15-31-18-10-8-17(25)9-11-18/h3-13H,14-15H2,1-2H3. The van der Waals surface area contributed by atoms with E-state index in [1.807, 2.05) is 36.4 Å². The van der Waals surface area contributed by atoms with Crippen LogP contribution in [0.2, 0.25) is 0 Å². The number of thiazole rings is 1. The molecule has 1 amide bonds. The molecule has 0 radical (unpaired) electrons. The second kappa shape index (κ2) is 9.65. The minimum Gasteiger partial charge on any atom is -0.495 e. The molecule has 1 heterocycles. The van der Waals surface area contributed by atoms with Gasteiger partial charge in [0.1, 0.15) is 33.3 Å². The lowest BCUT2D eigenvalue weighted by atomic mass is 10.2. The topological polar surface area (TPSA) is 60.9 Å². The van der Waals surface area contributed by atoms with E-state index in [0.29, 0.717) is 34.4 Å². The quantitative estimate of drug-likeness (QED) is 0.374. The van der Waals surface area contributed by atoms with E-state index in [9.17, 15) is 9.18 Å². The summed E-state index contributed by atoms with van der Waals surface area (Å²) in [6, 6.07) is 18.8. The molecular weight excluding hydrogens is 431 g/mol. The molecule has 0 fully saturated rings. The summed E-state index contributed by atoms with van der Waals surface area (Å²) >= 11 is 1.34. The van der Waals surface area contributed by atoms with Crippen molar-refractivity contribution in [3.63, 3.8) is 0 Å². The summed E-state index contributed by atoms with van der Waals surface area (Å²) in [5, 5.41) is 0.499. The molecule has 0 saturated carbocycles. The average Bonchev–Trinajstić information content (AvgIpc) is 3.27. The van der Waals surface area contributed by atoms with Gasteiger partial charge in [0, 0.05) is 0 Å². The Bertz CT molecular complexity index is 1170. The van der Waals surface area contributed by atoms with Crippen LogP contribution in [0.5, 0.6) is 17.2 Å². The van der Waals surface area contributed by atoms with Crippen molar-refractivity contribution in [3.8, 4) is 17.2 Å². The highest BCUT2D eigenvalue weighted by Crippen LogP contribution is 2.40. The van der Waals surface area contributed by atoms with Crippen LogP contribution >= 0.6 is 11.3 Å². The van der Waals surface area contributed by atoms with Gasteiger partial charge in [0.15, 0.2) is 11.7 Å². The molecule has 1 aromatic heterocycles. The van der Waals surface area contributed by atoms with E-state index in [2.05, 4.69) is 4.98 Å². The Morgan fingerprint density at radius 1 is 0.969 bits per heavy atom. The van der Waals surface area contributed by atoms with Crippen molar-refractivity contribution < 1.29 is 23.4 Å². The van der Waals surface area contributed by atoms with E-state index >= 15 is 0 Å². The Morgan fingerprint density at radius 2 is 1.66 bits per heavy atom. The molecule has 32 heavy (non-hydrogen) atoms. The highest BCUT2D eigenvalue weighted by atomic mass is 32.1. The molecule has 0 bridgehead atoms. The van der Waals surface area contributed by atoms with Gasteiger partial charge in [-0.1, -0.05) is 41.7 Å². The number of ether oxygens (including phenoxy) is 3. The van der Waals surface area contributed by atoms with Gasteiger partial charge in [-0.05, 0) is 42.0 Å². The lowest BCUT2D eigenvalue weighted by Gasteiger charge is -2.20. The Labute approximate surface area is 188 Å². The van der Waals surface area contributed by atoms with Gasteiger partial charge in [-0.15, -0.1) is 0 Å². The third-order valence-corrected chi connectivity index (χ3v) is 5.88. The number of hydrogen-bond acceptors (Lipinski definition) is 6. The molecule has 6 nitrogen and oxygen atoms in total. The van der Waals surface area contributed by atoms with Crippen LogP contribution in [0.4, 0.5) is 9.52 Å². The Kier molecular flexibility index (Phi) is 6.51. The number of aromatic nitrogens is 1. The lowest BCUT2D eigenvalue weighted by molar-refractivity contribution is -0.120. The highest BCUT2D eigenvalue weighted by molar-refractivity contribution is 7.22. The Balaban J connectivity index is 1.67. The molecule has 0 saturated heterocycles. The van der Waals surface area contributed by atoms with Crippen molar-refractivity contribution in [1.29, 1.82) is 0 Å². The van der Waals surface area contributed by atoms with Crippen molar-refractivity contribution in [1.82, 2.24) is 4.98 Å². The fourth-order valence-electron chi connectivity index (χ4n) is 3.17. The zero-order chi connectivity index (χ0) is 22.5. The van der Waals surface area contributed by atoms with E-state index in [4.69, 9.17) is 14.2 Å². The minimum absolute atomic E-state index is 0.220. The van der Waals surface area contributed by atoms with Crippen LogP contribution in [0.15, 0.2) is 66.7 Å². The summed E-state index contributed by atoms with van der Waals surface area (Å²) in [5.41, 5.74) is 1.57. The van der Waals surface area contributed by atoms with Crippen LogP contribution in [0.3, 0.4) is 0 Å². The van der Waals surface area contributed by atoms with Crippen molar-refractivity contribution in [2.75, 3.05) is 25.7 Å². The molecule has 0 aliphatic rings. The van der Waals surface area contributed by atoms with Gasteiger partial charge in [-0.2, -0.15) is 0 Å². The number of benzene rings is 3. The first kappa shape index (κ1) is 21.6. The van der Waals surface area contributed by atoms with Gasteiger partial charge in [0.05, 0.1) is 20.8 Å². The largest absolute Gasteiger partial charge is 0.495 e. The van der Waals surface area contributed by atoms with Crippen molar-refractivity contribution >= 4 is 32.6 Å². The zero-order valence-corrected chi connectivity index (χ0v) is 18.4. The number of rotatable bonds is 8. The summed E-state index contributed by atoms with van der Waals surface area (Å²) in [4.78, 5) is 19.5. The third-order valence-electron chi connectivity index (χ3n) is 4.79. The molecule has 0 spiro atoms. The molecule has 0 N–H and O–H groups in total.